The van der Waals surface area contributed by atoms with Crippen LogP contribution in [-0.4, -0.2) is 76.4 Å². The zero-order valence-electron chi connectivity index (χ0n) is 20.7. The Hall–Kier alpha value is -3.53. The highest BCUT2D eigenvalue weighted by Crippen LogP contribution is 2.37. The number of aromatic amines is 1. The number of aryl methyl sites for hydroxylation is 1. The number of benzene rings is 1. The maximum absolute atomic E-state index is 6.34. The predicted octanol–water partition coefficient (Wildman–Crippen LogP) is 4.04. The monoisotopic (exact) mass is 496 g/mol. The van der Waals surface area contributed by atoms with Crippen molar-refractivity contribution < 1.29 is 13.9 Å². The molecule has 7 heterocycles. The fourth-order valence-corrected chi connectivity index (χ4v) is 6.15. The van der Waals surface area contributed by atoms with Crippen LogP contribution in [0.2, 0.25) is 0 Å². The van der Waals surface area contributed by atoms with Crippen molar-refractivity contribution in [3.8, 4) is 11.4 Å². The first kappa shape index (κ1) is 21.5. The van der Waals surface area contributed by atoms with E-state index in [1.165, 1.54) is 5.56 Å². The minimum Gasteiger partial charge on any atom is -0.432 e. The molecule has 37 heavy (non-hydrogen) atoms. The van der Waals surface area contributed by atoms with Crippen LogP contribution in [-0.2, 0) is 16.0 Å². The molecule has 2 bridgehead atoms. The second-order valence-electron chi connectivity index (χ2n) is 10.4. The van der Waals surface area contributed by atoms with Crippen LogP contribution in [0.1, 0.15) is 17.7 Å². The number of likely N-dealkylation sites (tertiary alicyclic amines) is 1. The van der Waals surface area contributed by atoms with Crippen LogP contribution in [0.4, 0.5) is 5.82 Å². The lowest BCUT2D eigenvalue weighted by Crippen LogP contribution is -2.37. The summed E-state index contributed by atoms with van der Waals surface area (Å²) in [7, 11) is 0. The summed E-state index contributed by atoms with van der Waals surface area (Å²) < 4.78 is 17.7. The van der Waals surface area contributed by atoms with Crippen LogP contribution >= 0.6 is 0 Å². The van der Waals surface area contributed by atoms with Crippen LogP contribution in [0.3, 0.4) is 0 Å². The van der Waals surface area contributed by atoms with E-state index in [1.54, 1.807) is 0 Å². The Bertz CT molecular complexity index is 1650. The molecule has 8 rings (SSSR count). The Balaban J connectivity index is 1.30. The Morgan fingerprint density at radius 2 is 2.03 bits per heavy atom. The molecule has 3 aliphatic rings. The third-order valence-electron chi connectivity index (χ3n) is 7.96. The number of H-pyrrole nitrogens is 1. The average molecular weight is 497 g/mol. The van der Waals surface area contributed by atoms with Crippen LogP contribution in [0, 0.1) is 6.92 Å². The number of anilines is 1. The molecule has 9 nitrogen and oxygen atoms in total. The van der Waals surface area contributed by atoms with E-state index in [1.807, 2.05) is 6.20 Å². The molecular weight excluding hydrogens is 468 g/mol. The summed E-state index contributed by atoms with van der Waals surface area (Å²) in [6.45, 7) is 7.59. The summed E-state index contributed by atoms with van der Waals surface area (Å²) in [6, 6.07) is 11.1. The molecule has 0 amide bonds. The van der Waals surface area contributed by atoms with Gasteiger partial charge in [-0.3, -0.25) is 4.90 Å². The number of furan rings is 1. The third kappa shape index (κ3) is 3.53. The molecule has 5 aromatic rings. The van der Waals surface area contributed by atoms with Crippen LogP contribution in [0.15, 0.2) is 40.9 Å². The van der Waals surface area contributed by atoms with Gasteiger partial charge in [-0.05, 0) is 37.1 Å². The minimum atomic E-state index is 0.377. The van der Waals surface area contributed by atoms with Crippen molar-refractivity contribution in [3.05, 3.63) is 47.8 Å². The first-order chi connectivity index (χ1) is 18.2. The Morgan fingerprint density at radius 1 is 1.11 bits per heavy atom. The van der Waals surface area contributed by atoms with E-state index >= 15 is 0 Å². The molecule has 0 unspecified atom stereocenters. The molecule has 9 heteroatoms. The van der Waals surface area contributed by atoms with Crippen molar-refractivity contribution in [1.29, 1.82) is 0 Å². The van der Waals surface area contributed by atoms with E-state index in [4.69, 9.17) is 28.8 Å². The SMILES string of the molecule is Cc1cc2c(-c3nc(N4CCOCC4)c4oc5ncc(CN6C[C@@H]7C[C@H]6CO7)cc5c4n3)cccc2[nH]1. The lowest BCUT2D eigenvalue weighted by molar-refractivity contribution is 0.0273. The standard InChI is InChI=1S/C28H28N6O3/c1-16-9-21-20(3-2-4-23(21)30-16)26-31-24-22-10-17(13-34-14-19-11-18(34)15-36-19)12-29-28(22)37-25(24)27(32-26)33-5-7-35-8-6-33/h2-4,9-10,12,18-19,30H,5-8,11,13-15H2,1H3/t18-,19-/m0/s1. The van der Waals surface area contributed by atoms with Gasteiger partial charge in [0.25, 0.3) is 0 Å². The Morgan fingerprint density at radius 3 is 2.86 bits per heavy atom. The maximum Gasteiger partial charge on any atom is 0.229 e. The second-order valence-corrected chi connectivity index (χ2v) is 10.4. The highest BCUT2D eigenvalue weighted by atomic mass is 16.5. The number of nitrogens with one attached hydrogen (secondary N) is 1. The second kappa shape index (κ2) is 8.24. The molecule has 0 radical (unpaired) electrons. The molecule has 188 valence electrons. The van der Waals surface area contributed by atoms with Gasteiger partial charge in [0, 0.05) is 60.6 Å². The van der Waals surface area contributed by atoms with E-state index in [9.17, 15) is 0 Å². The lowest BCUT2D eigenvalue weighted by Gasteiger charge is -2.27. The minimum absolute atomic E-state index is 0.377. The first-order valence-corrected chi connectivity index (χ1v) is 13.1. The molecule has 0 spiro atoms. The number of pyridine rings is 1. The summed E-state index contributed by atoms with van der Waals surface area (Å²) in [6.07, 6.45) is 3.44. The molecule has 3 saturated heterocycles. The van der Waals surface area contributed by atoms with Crippen LogP contribution in [0.25, 0.3) is 44.5 Å². The molecule has 3 fully saturated rings. The Kier molecular flexibility index (Phi) is 4.80. The van der Waals surface area contributed by atoms with Gasteiger partial charge < -0.3 is 23.8 Å². The highest BCUT2D eigenvalue weighted by molar-refractivity contribution is 6.06. The van der Waals surface area contributed by atoms with E-state index in [2.05, 4.69) is 52.0 Å². The fourth-order valence-electron chi connectivity index (χ4n) is 6.15. The van der Waals surface area contributed by atoms with Gasteiger partial charge >= 0.3 is 0 Å². The zero-order valence-corrected chi connectivity index (χ0v) is 20.7. The summed E-state index contributed by atoms with van der Waals surface area (Å²) >= 11 is 0. The normalized spacial score (nSPS) is 22.2. The number of aromatic nitrogens is 4. The molecule has 1 aromatic carbocycles. The van der Waals surface area contributed by atoms with Gasteiger partial charge in [0.2, 0.25) is 5.71 Å². The summed E-state index contributed by atoms with van der Waals surface area (Å²) in [5.41, 5.74) is 6.46. The van der Waals surface area contributed by atoms with E-state index in [0.29, 0.717) is 42.5 Å². The lowest BCUT2D eigenvalue weighted by atomic mass is 10.1. The molecule has 4 aromatic heterocycles. The van der Waals surface area contributed by atoms with Crippen molar-refractivity contribution >= 4 is 38.9 Å². The zero-order chi connectivity index (χ0) is 24.5. The van der Waals surface area contributed by atoms with Gasteiger partial charge in [0.05, 0.1) is 31.3 Å². The number of nitrogens with zero attached hydrogens (tertiary/aromatic N) is 5. The number of fused-ring (bicyclic) bond motifs is 6. The molecular formula is C28H28N6O3. The highest BCUT2D eigenvalue weighted by Gasteiger charge is 2.38. The number of hydrogen-bond acceptors (Lipinski definition) is 8. The quantitative estimate of drug-likeness (QED) is 0.399. The first-order valence-electron chi connectivity index (χ1n) is 13.1. The molecule has 1 N–H and O–H groups in total. The topological polar surface area (TPSA) is 92.5 Å². The molecule has 0 saturated carbocycles. The van der Waals surface area contributed by atoms with Crippen LogP contribution in [0.5, 0.6) is 0 Å². The van der Waals surface area contributed by atoms with Crippen molar-refractivity contribution in [3.63, 3.8) is 0 Å². The number of rotatable bonds is 4. The van der Waals surface area contributed by atoms with Gasteiger partial charge in [0.1, 0.15) is 5.52 Å². The van der Waals surface area contributed by atoms with Gasteiger partial charge in [-0.2, -0.15) is 0 Å². The summed E-state index contributed by atoms with van der Waals surface area (Å²) in [5, 5.41) is 2.05. The largest absolute Gasteiger partial charge is 0.432 e. The third-order valence-corrected chi connectivity index (χ3v) is 7.96. The van der Waals surface area contributed by atoms with E-state index < -0.39 is 0 Å². The van der Waals surface area contributed by atoms with Crippen molar-refractivity contribution in [2.24, 2.45) is 0 Å². The molecule has 0 aliphatic carbocycles. The summed E-state index contributed by atoms with van der Waals surface area (Å²) in [5.74, 6) is 1.50. The fraction of sp³-hybridized carbons (Fsp3) is 0.393. The average Bonchev–Trinajstić information content (AvgIpc) is 3.70. The number of morpholine rings is 2. The van der Waals surface area contributed by atoms with Crippen molar-refractivity contribution in [2.75, 3.05) is 44.4 Å². The van der Waals surface area contributed by atoms with E-state index in [-0.39, 0.29) is 0 Å². The van der Waals surface area contributed by atoms with Gasteiger partial charge in [-0.25, -0.2) is 15.0 Å². The predicted molar refractivity (Wildman–Crippen MR) is 141 cm³/mol. The number of ether oxygens (including phenoxy) is 2. The van der Waals surface area contributed by atoms with E-state index in [0.717, 1.165) is 78.1 Å². The van der Waals surface area contributed by atoms with Gasteiger partial charge in [-0.15, -0.1) is 0 Å². The maximum atomic E-state index is 6.34. The summed E-state index contributed by atoms with van der Waals surface area (Å²) in [4.78, 5) is 23.1. The van der Waals surface area contributed by atoms with Gasteiger partial charge in [0.15, 0.2) is 17.2 Å². The molecule has 2 atom stereocenters. The number of hydrogen-bond donors (Lipinski definition) is 1. The van der Waals surface area contributed by atoms with Crippen molar-refractivity contribution in [2.45, 2.75) is 32.0 Å². The molecule has 3 aliphatic heterocycles. The Labute approximate surface area is 213 Å². The smallest absolute Gasteiger partial charge is 0.229 e. The van der Waals surface area contributed by atoms with Gasteiger partial charge in [-0.1, -0.05) is 12.1 Å². The van der Waals surface area contributed by atoms with Crippen LogP contribution < -0.4 is 4.90 Å². The van der Waals surface area contributed by atoms with Crippen molar-refractivity contribution in [1.82, 2.24) is 24.8 Å².